The van der Waals surface area contributed by atoms with Crippen molar-refractivity contribution >= 4 is 27.4 Å². The molecule has 0 aliphatic carbocycles. The van der Waals surface area contributed by atoms with E-state index in [1.165, 1.54) is 16.5 Å². The second-order valence-corrected chi connectivity index (χ2v) is 9.21. The van der Waals surface area contributed by atoms with Gasteiger partial charge in [-0.25, -0.2) is 9.97 Å². The summed E-state index contributed by atoms with van der Waals surface area (Å²) in [5.41, 5.74) is 2.47. The van der Waals surface area contributed by atoms with Crippen molar-refractivity contribution in [3.63, 3.8) is 0 Å². The number of anilines is 1. The van der Waals surface area contributed by atoms with Crippen LogP contribution < -0.4 is 4.90 Å². The number of aromatic nitrogens is 2. The fourth-order valence-electron chi connectivity index (χ4n) is 4.51. The zero-order chi connectivity index (χ0) is 20.9. The standard InChI is InChI=1S/C24H30N4O2S/c1-2-4-20(5-3-1)21-17-31-24-22(21)23(25-18-26-24)28-8-6-19(7-9-28)16-30-15-12-27-10-13-29-14-11-27/h1-5,17-19H,6-16H2. The first-order valence-corrected chi connectivity index (χ1v) is 12.2. The quantitative estimate of drug-likeness (QED) is 0.521. The maximum Gasteiger partial charge on any atom is 0.141 e. The molecule has 5 rings (SSSR count). The van der Waals surface area contributed by atoms with E-state index in [2.05, 4.69) is 50.5 Å². The lowest BCUT2D eigenvalue weighted by Crippen LogP contribution is -2.39. The molecule has 2 fully saturated rings. The van der Waals surface area contributed by atoms with Crippen LogP contribution in [0, 0.1) is 5.92 Å². The molecule has 2 saturated heterocycles. The Bertz CT molecular complexity index is 966. The fourth-order valence-corrected chi connectivity index (χ4v) is 5.42. The molecule has 4 heterocycles. The van der Waals surface area contributed by atoms with Crippen LogP contribution in [-0.2, 0) is 9.47 Å². The van der Waals surface area contributed by atoms with Crippen molar-refractivity contribution in [1.29, 1.82) is 0 Å². The molecule has 2 aliphatic rings. The largest absolute Gasteiger partial charge is 0.380 e. The van der Waals surface area contributed by atoms with Gasteiger partial charge in [-0.3, -0.25) is 4.90 Å². The molecule has 0 N–H and O–H groups in total. The Kier molecular flexibility index (Phi) is 6.74. The molecule has 2 aliphatic heterocycles. The highest BCUT2D eigenvalue weighted by molar-refractivity contribution is 7.17. The maximum absolute atomic E-state index is 6.03. The monoisotopic (exact) mass is 438 g/mol. The lowest BCUT2D eigenvalue weighted by atomic mass is 9.97. The minimum atomic E-state index is 0.634. The number of hydrogen-bond donors (Lipinski definition) is 0. The van der Waals surface area contributed by atoms with Crippen LogP contribution >= 0.6 is 11.3 Å². The summed E-state index contributed by atoms with van der Waals surface area (Å²) in [5.74, 6) is 1.71. The van der Waals surface area contributed by atoms with Gasteiger partial charge in [0.25, 0.3) is 0 Å². The second kappa shape index (κ2) is 10.0. The third-order valence-corrected chi connectivity index (χ3v) is 7.24. The number of hydrogen-bond acceptors (Lipinski definition) is 7. The number of rotatable bonds is 7. The van der Waals surface area contributed by atoms with Crippen LogP contribution in [0.1, 0.15) is 12.8 Å². The van der Waals surface area contributed by atoms with E-state index in [0.29, 0.717) is 5.92 Å². The van der Waals surface area contributed by atoms with Gasteiger partial charge in [0, 0.05) is 50.3 Å². The first-order chi connectivity index (χ1) is 15.4. The molecular weight excluding hydrogens is 408 g/mol. The number of ether oxygens (including phenoxy) is 2. The molecule has 2 aromatic heterocycles. The molecule has 0 atom stereocenters. The van der Waals surface area contributed by atoms with E-state index in [-0.39, 0.29) is 0 Å². The molecule has 0 unspecified atom stereocenters. The minimum absolute atomic E-state index is 0.634. The number of fused-ring (bicyclic) bond motifs is 1. The lowest BCUT2D eigenvalue weighted by molar-refractivity contribution is 0.0144. The van der Waals surface area contributed by atoms with Crippen molar-refractivity contribution in [2.45, 2.75) is 12.8 Å². The predicted molar refractivity (Wildman–Crippen MR) is 126 cm³/mol. The smallest absolute Gasteiger partial charge is 0.141 e. The third kappa shape index (κ3) is 4.90. The van der Waals surface area contributed by atoms with Crippen LogP contribution in [-0.4, -0.2) is 74.0 Å². The van der Waals surface area contributed by atoms with Gasteiger partial charge in [0.15, 0.2) is 0 Å². The first kappa shape index (κ1) is 20.8. The Hall–Kier alpha value is -2.06. The summed E-state index contributed by atoms with van der Waals surface area (Å²) in [4.78, 5) is 15.2. The van der Waals surface area contributed by atoms with Crippen LogP contribution in [0.2, 0.25) is 0 Å². The minimum Gasteiger partial charge on any atom is -0.380 e. The highest BCUT2D eigenvalue weighted by Crippen LogP contribution is 2.38. The highest BCUT2D eigenvalue weighted by Gasteiger charge is 2.24. The van der Waals surface area contributed by atoms with Gasteiger partial charge < -0.3 is 14.4 Å². The summed E-state index contributed by atoms with van der Waals surface area (Å²) in [7, 11) is 0. The zero-order valence-corrected chi connectivity index (χ0v) is 18.7. The van der Waals surface area contributed by atoms with Crippen molar-refractivity contribution in [2.24, 2.45) is 5.92 Å². The Balaban J connectivity index is 1.18. The molecule has 0 radical (unpaired) electrons. The number of benzene rings is 1. The number of morpholine rings is 1. The van der Waals surface area contributed by atoms with Crippen molar-refractivity contribution in [3.05, 3.63) is 42.0 Å². The molecule has 1 aromatic carbocycles. The molecule has 3 aromatic rings. The van der Waals surface area contributed by atoms with Crippen LogP contribution in [0.25, 0.3) is 21.3 Å². The fraction of sp³-hybridized carbons (Fsp3) is 0.500. The van der Waals surface area contributed by atoms with Crippen LogP contribution in [0.5, 0.6) is 0 Å². The zero-order valence-electron chi connectivity index (χ0n) is 17.9. The molecule has 0 spiro atoms. The van der Waals surface area contributed by atoms with E-state index < -0.39 is 0 Å². The van der Waals surface area contributed by atoms with Gasteiger partial charge in [0.05, 0.1) is 25.2 Å². The normalized spacial score (nSPS) is 18.6. The summed E-state index contributed by atoms with van der Waals surface area (Å²) < 4.78 is 11.4. The van der Waals surface area contributed by atoms with Crippen molar-refractivity contribution in [1.82, 2.24) is 14.9 Å². The number of nitrogens with zero attached hydrogens (tertiary/aromatic N) is 4. The van der Waals surface area contributed by atoms with E-state index in [9.17, 15) is 0 Å². The molecule has 7 heteroatoms. The lowest BCUT2D eigenvalue weighted by Gasteiger charge is -2.33. The Morgan fingerprint density at radius 1 is 1.03 bits per heavy atom. The molecule has 0 bridgehead atoms. The average Bonchev–Trinajstić information content (AvgIpc) is 3.28. The topological polar surface area (TPSA) is 50.7 Å². The number of thiophene rings is 1. The van der Waals surface area contributed by atoms with E-state index in [0.717, 1.165) is 82.6 Å². The molecule has 0 saturated carbocycles. The van der Waals surface area contributed by atoms with E-state index in [1.807, 2.05) is 0 Å². The van der Waals surface area contributed by atoms with E-state index in [1.54, 1.807) is 17.7 Å². The van der Waals surface area contributed by atoms with Gasteiger partial charge in [-0.2, -0.15) is 0 Å². The van der Waals surface area contributed by atoms with Gasteiger partial charge in [0.1, 0.15) is 17.0 Å². The van der Waals surface area contributed by atoms with Crippen molar-refractivity contribution in [3.8, 4) is 11.1 Å². The molecule has 164 valence electrons. The first-order valence-electron chi connectivity index (χ1n) is 11.3. The summed E-state index contributed by atoms with van der Waals surface area (Å²) in [6, 6.07) is 10.6. The van der Waals surface area contributed by atoms with Gasteiger partial charge in [0.2, 0.25) is 0 Å². The second-order valence-electron chi connectivity index (χ2n) is 8.35. The third-order valence-electron chi connectivity index (χ3n) is 6.36. The molecule has 6 nitrogen and oxygen atoms in total. The SMILES string of the molecule is c1ccc(-c2csc3ncnc(N4CCC(COCCN5CCOCC5)CC4)c23)cc1. The Morgan fingerprint density at radius 2 is 1.84 bits per heavy atom. The summed E-state index contributed by atoms with van der Waals surface area (Å²) in [6.07, 6.45) is 4.01. The van der Waals surface area contributed by atoms with Gasteiger partial charge in [-0.05, 0) is 24.3 Å². The van der Waals surface area contributed by atoms with Gasteiger partial charge >= 0.3 is 0 Å². The molecule has 0 amide bonds. The Labute approximate surface area is 187 Å². The predicted octanol–water partition coefficient (Wildman–Crippen LogP) is 3.92. The van der Waals surface area contributed by atoms with Crippen molar-refractivity contribution < 1.29 is 9.47 Å². The molecular formula is C24H30N4O2S. The summed E-state index contributed by atoms with van der Waals surface area (Å²) in [5, 5.41) is 3.41. The average molecular weight is 439 g/mol. The van der Waals surface area contributed by atoms with Crippen LogP contribution in [0.4, 0.5) is 5.82 Å². The molecule has 31 heavy (non-hydrogen) atoms. The van der Waals surface area contributed by atoms with E-state index >= 15 is 0 Å². The highest BCUT2D eigenvalue weighted by atomic mass is 32.1. The van der Waals surface area contributed by atoms with Gasteiger partial charge in [-0.15, -0.1) is 11.3 Å². The number of piperidine rings is 1. The summed E-state index contributed by atoms with van der Waals surface area (Å²) in [6.45, 7) is 8.51. The van der Waals surface area contributed by atoms with E-state index in [4.69, 9.17) is 14.5 Å². The van der Waals surface area contributed by atoms with Gasteiger partial charge in [-0.1, -0.05) is 30.3 Å². The van der Waals surface area contributed by atoms with Crippen LogP contribution in [0.15, 0.2) is 42.0 Å². The Morgan fingerprint density at radius 3 is 2.65 bits per heavy atom. The van der Waals surface area contributed by atoms with Crippen molar-refractivity contribution in [2.75, 3.05) is 64.1 Å². The van der Waals surface area contributed by atoms with Crippen LogP contribution in [0.3, 0.4) is 0 Å². The maximum atomic E-state index is 6.03. The summed E-state index contributed by atoms with van der Waals surface area (Å²) >= 11 is 1.70.